The molecule has 0 aliphatic carbocycles. The van der Waals surface area contributed by atoms with Gasteiger partial charge in [0.2, 0.25) is 0 Å². The average molecular weight is 514 g/mol. The molecule has 0 saturated carbocycles. The number of hydrogen-bond acceptors (Lipinski definition) is 8. The van der Waals surface area contributed by atoms with Crippen molar-refractivity contribution in [1.29, 1.82) is 0 Å². The molecule has 1 amide bonds. The average Bonchev–Trinajstić information content (AvgIpc) is 2.90. The molecule has 4 aromatic rings. The number of nitro groups is 2. The number of anilines is 1. The molecule has 190 valence electrons. The largest absolute Gasteiger partial charge is 0.507 e. The molecule has 38 heavy (non-hydrogen) atoms. The van der Waals surface area contributed by atoms with Gasteiger partial charge in [0.05, 0.1) is 15.4 Å². The number of benzene rings is 3. The first-order valence-corrected chi connectivity index (χ1v) is 11.0. The molecule has 0 unspecified atom stereocenters. The number of amides is 1. The van der Waals surface area contributed by atoms with Gasteiger partial charge in [0.15, 0.2) is 5.78 Å². The van der Waals surface area contributed by atoms with Crippen LogP contribution in [0.15, 0.2) is 83.8 Å². The predicted octanol–water partition coefficient (Wildman–Crippen LogP) is 4.15. The number of aromatic nitrogens is 1. The molecule has 2 N–H and O–H groups in total. The monoisotopic (exact) mass is 514 g/mol. The number of nitrogens with one attached hydrogen (secondary N) is 1. The summed E-state index contributed by atoms with van der Waals surface area (Å²) in [6.45, 7) is 1.72. The molecule has 0 radical (unpaired) electrons. The topological polar surface area (TPSA) is 175 Å². The fourth-order valence-corrected chi connectivity index (χ4v) is 3.65. The van der Waals surface area contributed by atoms with E-state index in [2.05, 4.69) is 5.32 Å². The Kier molecular flexibility index (Phi) is 6.79. The number of non-ortho nitro benzene ring substituents is 2. The van der Waals surface area contributed by atoms with Gasteiger partial charge in [0.1, 0.15) is 11.3 Å². The predicted molar refractivity (Wildman–Crippen MR) is 136 cm³/mol. The number of nitro benzene ring substituents is 2. The number of ketones is 1. The molecule has 0 atom stereocenters. The summed E-state index contributed by atoms with van der Waals surface area (Å²) in [4.78, 5) is 60.4. The molecule has 12 heteroatoms. The van der Waals surface area contributed by atoms with E-state index in [1.54, 1.807) is 13.0 Å². The Hall–Kier alpha value is -5.65. The molecule has 3 aromatic carbocycles. The summed E-state index contributed by atoms with van der Waals surface area (Å²) < 4.78 is 0.995. The van der Waals surface area contributed by atoms with E-state index >= 15 is 0 Å². The highest BCUT2D eigenvalue weighted by Gasteiger charge is 2.22. The lowest BCUT2D eigenvalue weighted by atomic mass is 10.0. The summed E-state index contributed by atoms with van der Waals surface area (Å²) in [6.07, 6.45) is 1.18. The minimum Gasteiger partial charge on any atom is -0.507 e. The molecular formula is C26H18N4O8. The Balaban J connectivity index is 1.83. The van der Waals surface area contributed by atoms with Crippen LogP contribution in [0.5, 0.6) is 5.75 Å². The van der Waals surface area contributed by atoms with Crippen LogP contribution in [0.4, 0.5) is 17.1 Å². The van der Waals surface area contributed by atoms with Gasteiger partial charge in [-0.3, -0.25) is 39.2 Å². The van der Waals surface area contributed by atoms with E-state index in [4.69, 9.17) is 0 Å². The van der Waals surface area contributed by atoms with E-state index < -0.39 is 32.7 Å². The first kappa shape index (κ1) is 25.4. The third-order valence-corrected chi connectivity index (χ3v) is 5.60. The van der Waals surface area contributed by atoms with Gasteiger partial charge in [0.25, 0.3) is 22.8 Å². The molecule has 1 heterocycles. The number of phenolic OH excluding ortho intramolecular Hbond substituents is 1. The lowest BCUT2D eigenvalue weighted by Crippen LogP contribution is -2.29. The maximum Gasteiger partial charge on any atom is 0.269 e. The lowest BCUT2D eigenvalue weighted by molar-refractivity contribution is -0.385. The standard InChI is InChI=1S/C26H18N4O8/c1-15-2-11-23(31)21(12-15)24(32)16-13-22(25(33)27-17-3-5-19(6-4-17)29(35)36)26(34)28(14-16)18-7-9-20(10-8-18)30(37)38/h2-14,31H,1H3,(H,27,33). The number of hydrogen-bond donors (Lipinski definition) is 2. The molecule has 0 fully saturated rings. The Bertz CT molecular complexity index is 1660. The zero-order valence-corrected chi connectivity index (χ0v) is 19.7. The van der Waals surface area contributed by atoms with Crippen LogP contribution in [-0.2, 0) is 0 Å². The van der Waals surface area contributed by atoms with Gasteiger partial charge in [0, 0.05) is 47.4 Å². The van der Waals surface area contributed by atoms with Crippen molar-refractivity contribution in [1.82, 2.24) is 4.57 Å². The van der Waals surface area contributed by atoms with Crippen molar-refractivity contribution >= 4 is 28.8 Å². The summed E-state index contributed by atoms with van der Waals surface area (Å²) in [7, 11) is 0. The Morgan fingerprint density at radius 2 is 1.42 bits per heavy atom. The fourth-order valence-electron chi connectivity index (χ4n) is 3.65. The summed E-state index contributed by atoms with van der Waals surface area (Å²) >= 11 is 0. The highest BCUT2D eigenvalue weighted by Crippen LogP contribution is 2.23. The van der Waals surface area contributed by atoms with Crippen LogP contribution in [0, 0.1) is 27.2 Å². The molecule has 0 bridgehead atoms. The van der Waals surface area contributed by atoms with Crippen molar-refractivity contribution in [3.05, 3.63) is 132 Å². The van der Waals surface area contributed by atoms with Crippen LogP contribution < -0.4 is 10.9 Å². The number of carbonyl (C=O) groups excluding carboxylic acids is 2. The normalized spacial score (nSPS) is 10.6. The van der Waals surface area contributed by atoms with Crippen molar-refractivity contribution in [3.8, 4) is 11.4 Å². The number of phenols is 1. The molecular weight excluding hydrogens is 496 g/mol. The van der Waals surface area contributed by atoms with Gasteiger partial charge in [-0.2, -0.15) is 0 Å². The molecule has 12 nitrogen and oxygen atoms in total. The van der Waals surface area contributed by atoms with E-state index in [-0.39, 0.29) is 39.6 Å². The van der Waals surface area contributed by atoms with E-state index in [1.807, 2.05) is 0 Å². The van der Waals surface area contributed by atoms with Gasteiger partial charge in [-0.25, -0.2) is 0 Å². The second-order valence-electron chi connectivity index (χ2n) is 8.20. The van der Waals surface area contributed by atoms with Crippen molar-refractivity contribution < 1.29 is 24.5 Å². The van der Waals surface area contributed by atoms with Crippen LogP contribution in [0.25, 0.3) is 5.69 Å². The van der Waals surface area contributed by atoms with Crippen LogP contribution in [0.1, 0.15) is 31.8 Å². The summed E-state index contributed by atoms with van der Waals surface area (Å²) in [5, 5.41) is 34.6. The summed E-state index contributed by atoms with van der Waals surface area (Å²) in [6, 6.07) is 15.3. The Morgan fingerprint density at radius 1 is 0.842 bits per heavy atom. The van der Waals surface area contributed by atoms with Crippen LogP contribution in [0.2, 0.25) is 0 Å². The van der Waals surface area contributed by atoms with E-state index in [9.17, 15) is 39.7 Å². The first-order chi connectivity index (χ1) is 18.0. The van der Waals surface area contributed by atoms with Crippen molar-refractivity contribution in [2.75, 3.05) is 5.32 Å². The van der Waals surface area contributed by atoms with Crippen molar-refractivity contribution in [2.24, 2.45) is 0 Å². The SMILES string of the molecule is Cc1ccc(O)c(C(=O)c2cc(C(=O)Nc3ccc([N+](=O)[O-])cc3)c(=O)n(-c3ccc([N+](=O)[O-])cc3)c2)c1. The van der Waals surface area contributed by atoms with Gasteiger partial charge < -0.3 is 10.4 Å². The summed E-state index contributed by atoms with van der Waals surface area (Å²) in [5.41, 5.74) is -0.876. The van der Waals surface area contributed by atoms with Crippen molar-refractivity contribution in [2.45, 2.75) is 6.92 Å². The van der Waals surface area contributed by atoms with Crippen LogP contribution >= 0.6 is 0 Å². The van der Waals surface area contributed by atoms with Gasteiger partial charge >= 0.3 is 0 Å². The second kappa shape index (κ2) is 10.1. The highest BCUT2D eigenvalue weighted by atomic mass is 16.6. The number of aryl methyl sites for hydroxylation is 1. The number of aromatic hydroxyl groups is 1. The Morgan fingerprint density at radius 3 is 2.00 bits per heavy atom. The van der Waals surface area contributed by atoms with E-state index in [0.29, 0.717) is 5.56 Å². The zero-order valence-electron chi connectivity index (χ0n) is 19.7. The van der Waals surface area contributed by atoms with Gasteiger partial charge in [-0.1, -0.05) is 11.6 Å². The third-order valence-electron chi connectivity index (χ3n) is 5.60. The minimum absolute atomic E-state index is 0.0550. The van der Waals surface area contributed by atoms with Gasteiger partial charge in [-0.05, 0) is 49.4 Å². The quantitative estimate of drug-likeness (QED) is 0.210. The smallest absolute Gasteiger partial charge is 0.269 e. The molecule has 0 saturated heterocycles. The van der Waals surface area contributed by atoms with Crippen molar-refractivity contribution in [3.63, 3.8) is 0 Å². The van der Waals surface area contributed by atoms with Crippen LogP contribution in [-0.4, -0.2) is 31.2 Å². The Labute approximate surface area is 213 Å². The zero-order chi connectivity index (χ0) is 27.6. The number of carbonyl (C=O) groups is 2. The highest BCUT2D eigenvalue weighted by molar-refractivity contribution is 6.12. The van der Waals surface area contributed by atoms with E-state index in [0.717, 1.165) is 10.6 Å². The molecule has 0 spiro atoms. The number of nitrogens with zero attached hydrogens (tertiary/aromatic N) is 3. The van der Waals surface area contributed by atoms with E-state index in [1.165, 1.54) is 66.9 Å². The number of rotatable bonds is 7. The first-order valence-electron chi connectivity index (χ1n) is 11.0. The lowest BCUT2D eigenvalue weighted by Gasteiger charge is -2.13. The molecule has 4 rings (SSSR count). The third kappa shape index (κ3) is 5.14. The second-order valence-corrected chi connectivity index (χ2v) is 8.20. The van der Waals surface area contributed by atoms with Gasteiger partial charge in [-0.15, -0.1) is 0 Å². The molecule has 0 aliphatic heterocycles. The molecule has 0 aliphatic rings. The minimum atomic E-state index is -0.900. The van der Waals surface area contributed by atoms with Crippen LogP contribution in [0.3, 0.4) is 0 Å². The maximum absolute atomic E-state index is 13.3. The number of pyridine rings is 1. The maximum atomic E-state index is 13.3. The fraction of sp³-hybridized carbons (Fsp3) is 0.0385. The molecule has 1 aromatic heterocycles. The summed E-state index contributed by atoms with van der Waals surface area (Å²) in [5.74, 6) is -1.88.